The molecule has 1 aliphatic rings. The summed E-state index contributed by atoms with van der Waals surface area (Å²) in [4.78, 5) is 17.8. The maximum absolute atomic E-state index is 13.3. The van der Waals surface area contributed by atoms with Crippen molar-refractivity contribution in [3.63, 3.8) is 0 Å². The van der Waals surface area contributed by atoms with Crippen LogP contribution in [0.1, 0.15) is 16.7 Å². The number of fused-ring (bicyclic) bond motifs is 2. The number of hydrogen-bond acceptors (Lipinski definition) is 6. The second-order valence-electron chi connectivity index (χ2n) is 7.45. The molecule has 1 aliphatic heterocycles. The third-order valence-electron chi connectivity index (χ3n) is 5.34. The van der Waals surface area contributed by atoms with E-state index in [1.807, 2.05) is 49.4 Å². The predicted octanol–water partition coefficient (Wildman–Crippen LogP) is 4.42. The number of carbonyl (C=O) groups is 1. The lowest BCUT2D eigenvalue weighted by atomic mass is 9.95. The molecule has 0 fully saturated rings. The number of anilines is 1. The molecule has 0 saturated carbocycles. The van der Waals surface area contributed by atoms with Gasteiger partial charge < -0.3 is 5.32 Å². The number of thiophene rings is 1. The third kappa shape index (κ3) is 3.78. The SMILES string of the molecule is Cc1ccc2nc(NC(=O)[C@@H]3Cc4ccccc4CN3S(=O)(=O)c3cccs3)sc2c1. The van der Waals surface area contributed by atoms with Crippen molar-refractivity contribution < 1.29 is 13.2 Å². The van der Waals surface area contributed by atoms with Gasteiger partial charge >= 0.3 is 0 Å². The lowest BCUT2D eigenvalue weighted by Crippen LogP contribution is -2.50. The number of nitrogens with zero attached hydrogens (tertiary/aromatic N) is 2. The summed E-state index contributed by atoms with van der Waals surface area (Å²) in [6.07, 6.45) is 0.316. The molecular formula is C22H19N3O3S3. The Morgan fingerprint density at radius 2 is 1.94 bits per heavy atom. The summed E-state index contributed by atoms with van der Waals surface area (Å²) in [5.74, 6) is -0.370. The highest BCUT2D eigenvalue weighted by molar-refractivity contribution is 7.91. The fourth-order valence-corrected chi connectivity index (χ4v) is 7.43. The molecule has 0 unspecified atom stereocenters. The van der Waals surface area contributed by atoms with Crippen LogP contribution < -0.4 is 5.32 Å². The van der Waals surface area contributed by atoms with E-state index in [-0.39, 0.29) is 16.7 Å². The molecule has 2 aromatic heterocycles. The van der Waals surface area contributed by atoms with Crippen molar-refractivity contribution in [1.82, 2.24) is 9.29 Å². The fourth-order valence-electron chi connectivity index (χ4n) is 3.77. The number of benzene rings is 2. The molecular weight excluding hydrogens is 450 g/mol. The largest absolute Gasteiger partial charge is 0.301 e. The molecule has 4 aromatic rings. The third-order valence-corrected chi connectivity index (χ3v) is 9.50. The minimum Gasteiger partial charge on any atom is -0.301 e. The van der Waals surface area contributed by atoms with Crippen LogP contribution in [0.3, 0.4) is 0 Å². The highest BCUT2D eigenvalue weighted by atomic mass is 32.2. The molecule has 0 spiro atoms. The molecule has 0 radical (unpaired) electrons. The number of aryl methyl sites for hydroxylation is 1. The molecule has 2 aromatic carbocycles. The van der Waals surface area contributed by atoms with Crippen LogP contribution in [0, 0.1) is 6.92 Å². The highest BCUT2D eigenvalue weighted by Crippen LogP contribution is 2.32. The zero-order chi connectivity index (χ0) is 21.6. The first-order valence-corrected chi connectivity index (χ1v) is 12.9. The normalized spacial score (nSPS) is 16.9. The fraction of sp³-hybridized carbons (Fsp3) is 0.182. The van der Waals surface area contributed by atoms with Gasteiger partial charge in [0.25, 0.3) is 10.0 Å². The molecule has 0 bridgehead atoms. The van der Waals surface area contributed by atoms with Gasteiger partial charge in [-0.15, -0.1) is 11.3 Å². The van der Waals surface area contributed by atoms with Crippen molar-refractivity contribution in [3.05, 3.63) is 76.7 Å². The predicted molar refractivity (Wildman–Crippen MR) is 124 cm³/mol. The summed E-state index contributed by atoms with van der Waals surface area (Å²) in [5.41, 5.74) is 3.83. The molecule has 9 heteroatoms. The first kappa shape index (κ1) is 20.3. The van der Waals surface area contributed by atoms with Crippen LogP contribution >= 0.6 is 22.7 Å². The first-order chi connectivity index (χ1) is 14.9. The van der Waals surface area contributed by atoms with E-state index < -0.39 is 16.1 Å². The summed E-state index contributed by atoms with van der Waals surface area (Å²) in [7, 11) is -3.80. The quantitative estimate of drug-likeness (QED) is 0.480. The van der Waals surface area contributed by atoms with Gasteiger partial charge in [-0.3, -0.25) is 4.79 Å². The van der Waals surface area contributed by atoms with Crippen molar-refractivity contribution in [2.75, 3.05) is 5.32 Å². The zero-order valence-electron chi connectivity index (χ0n) is 16.6. The van der Waals surface area contributed by atoms with E-state index in [2.05, 4.69) is 10.3 Å². The number of nitrogens with one attached hydrogen (secondary N) is 1. The Labute approximate surface area is 188 Å². The van der Waals surface area contributed by atoms with Gasteiger partial charge in [-0.05, 0) is 53.6 Å². The Morgan fingerprint density at radius 1 is 1.13 bits per heavy atom. The van der Waals surface area contributed by atoms with E-state index in [1.54, 1.807) is 17.5 Å². The Kier molecular flexibility index (Phi) is 5.13. The van der Waals surface area contributed by atoms with Crippen LogP contribution in [-0.4, -0.2) is 29.7 Å². The van der Waals surface area contributed by atoms with Crippen LogP contribution in [0.2, 0.25) is 0 Å². The Morgan fingerprint density at radius 3 is 2.71 bits per heavy atom. The van der Waals surface area contributed by atoms with E-state index in [0.717, 1.165) is 38.2 Å². The second kappa shape index (κ2) is 7.83. The number of carbonyl (C=O) groups excluding carboxylic acids is 1. The summed E-state index contributed by atoms with van der Waals surface area (Å²) >= 11 is 2.54. The van der Waals surface area contributed by atoms with Gasteiger partial charge in [0, 0.05) is 6.54 Å². The number of rotatable bonds is 4. The topological polar surface area (TPSA) is 79.4 Å². The smallest absolute Gasteiger partial charge is 0.253 e. The lowest BCUT2D eigenvalue weighted by molar-refractivity contribution is -0.120. The van der Waals surface area contributed by atoms with Gasteiger partial charge in [0.05, 0.1) is 10.2 Å². The Bertz CT molecular complexity index is 1380. The molecule has 0 saturated heterocycles. The summed E-state index contributed by atoms with van der Waals surface area (Å²) in [5, 5.41) is 5.06. The molecule has 5 rings (SSSR count). The number of sulfonamides is 1. The maximum Gasteiger partial charge on any atom is 0.253 e. The molecule has 31 heavy (non-hydrogen) atoms. The molecule has 1 atom stereocenters. The number of aromatic nitrogens is 1. The molecule has 6 nitrogen and oxygen atoms in total. The first-order valence-electron chi connectivity index (χ1n) is 9.72. The molecule has 158 valence electrons. The Hall–Kier alpha value is -2.59. The van der Waals surface area contributed by atoms with Crippen molar-refractivity contribution >= 4 is 54.0 Å². The average Bonchev–Trinajstić information content (AvgIpc) is 3.42. The van der Waals surface area contributed by atoms with Gasteiger partial charge in [-0.25, -0.2) is 13.4 Å². The molecule has 3 heterocycles. The lowest BCUT2D eigenvalue weighted by Gasteiger charge is -2.34. The number of amides is 1. The van der Waals surface area contributed by atoms with Gasteiger partial charge in [-0.2, -0.15) is 4.31 Å². The molecule has 1 N–H and O–H groups in total. The monoisotopic (exact) mass is 469 g/mol. The van der Waals surface area contributed by atoms with E-state index in [4.69, 9.17) is 0 Å². The van der Waals surface area contributed by atoms with Gasteiger partial charge in [0.1, 0.15) is 10.3 Å². The van der Waals surface area contributed by atoms with E-state index in [9.17, 15) is 13.2 Å². The molecule has 0 aliphatic carbocycles. The molecule has 1 amide bonds. The second-order valence-corrected chi connectivity index (χ2v) is 11.5. The van der Waals surface area contributed by atoms with Crippen molar-refractivity contribution in [3.8, 4) is 0 Å². The summed E-state index contributed by atoms with van der Waals surface area (Å²) in [6, 6.07) is 16.0. The van der Waals surface area contributed by atoms with Crippen LogP contribution in [0.25, 0.3) is 10.2 Å². The van der Waals surface area contributed by atoms with E-state index in [1.165, 1.54) is 15.6 Å². The zero-order valence-corrected chi connectivity index (χ0v) is 19.1. The van der Waals surface area contributed by atoms with E-state index >= 15 is 0 Å². The van der Waals surface area contributed by atoms with Crippen LogP contribution in [0.15, 0.2) is 64.2 Å². The van der Waals surface area contributed by atoms with Crippen molar-refractivity contribution in [2.24, 2.45) is 0 Å². The van der Waals surface area contributed by atoms with Crippen LogP contribution in [0.4, 0.5) is 5.13 Å². The van der Waals surface area contributed by atoms with Gasteiger partial charge in [0.15, 0.2) is 5.13 Å². The van der Waals surface area contributed by atoms with E-state index in [0.29, 0.717) is 11.6 Å². The minimum absolute atomic E-state index is 0.160. The van der Waals surface area contributed by atoms with Crippen LogP contribution in [0.5, 0.6) is 0 Å². The van der Waals surface area contributed by atoms with Gasteiger partial charge in [0.2, 0.25) is 5.91 Å². The minimum atomic E-state index is -3.80. The van der Waals surface area contributed by atoms with Gasteiger partial charge in [-0.1, -0.05) is 47.7 Å². The van der Waals surface area contributed by atoms with Crippen molar-refractivity contribution in [1.29, 1.82) is 0 Å². The van der Waals surface area contributed by atoms with Crippen molar-refractivity contribution in [2.45, 2.75) is 30.1 Å². The maximum atomic E-state index is 13.3. The average molecular weight is 470 g/mol. The Balaban J connectivity index is 1.50. The highest BCUT2D eigenvalue weighted by Gasteiger charge is 2.40. The van der Waals surface area contributed by atoms with Crippen LogP contribution in [-0.2, 0) is 27.8 Å². The summed E-state index contributed by atoms with van der Waals surface area (Å²) in [6.45, 7) is 2.16. The number of thiazole rings is 1. The standard InChI is InChI=1S/C22H19N3O3S3/c1-14-8-9-17-19(11-14)30-22(23-17)24-21(26)18-12-15-5-2-3-6-16(15)13-25(18)31(27,28)20-7-4-10-29-20/h2-11,18H,12-13H2,1H3,(H,23,24,26)/t18-/m0/s1. The summed E-state index contributed by atoms with van der Waals surface area (Å²) < 4.78 is 29.2. The number of hydrogen-bond donors (Lipinski definition) is 1.